The Kier molecular flexibility index (Phi) is 7.01. The maximum Gasteiger partial charge on any atom is 0.0598 e. The van der Waals surface area contributed by atoms with E-state index in [-0.39, 0.29) is 5.60 Å². The largest absolute Gasteiger partial charge is 0.376 e. The predicted molar refractivity (Wildman–Crippen MR) is 105 cm³/mol. The van der Waals surface area contributed by atoms with E-state index in [4.69, 9.17) is 4.74 Å². The van der Waals surface area contributed by atoms with Gasteiger partial charge in [0.25, 0.3) is 0 Å². The second kappa shape index (κ2) is 8.61. The van der Waals surface area contributed by atoms with Gasteiger partial charge in [-0.05, 0) is 44.2 Å². The SMILES string of the molecule is CC(C)(C)CN1CCN(Cc2ccc(CCOC(C)(C)C)cn2)CC1. The van der Waals surface area contributed by atoms with Crippen LogP contribution in [0.25, 0.3) is 0 Å². The van der Waals surface area contributed by atoms with Crippen molar-refractivity contribution in [3.63, 3.8) is 0 Å². The Morgan fingerprint density at radius 3 is 2.12 bits per heavy atom. The van der Waals surface area contributed by atoms with Crippen LogP contribution in [0, 0.1) is 5.41 Å². The van der Waals surface area contributed by atoms with Crippen LogP contribution in [0.1, 0.15) is 52.8 Å². The minimum absolute atomic E-state index is 0.0670. The van der Waals surface area contributed by atoms with Crippen molar-refractivity contribution < 1.29 is 4.74 Å². The summed E-state index contributed by atoms with van der Waals surface area (Å²) in [5.41, 5.74) is 2.74. The van der Waals surface area contributed by atoms with Crippen LogP contribution in [0.15, 0.2) is 18.3 Å². The molecule has 1 aromatic heterocycles. The Bertz CT molecular complexity index is 505. The fraction of sp³-hybridized carbons (Fsp3) is 0.762. The molecule has 4 nitrogen and oxygen atoms in total. The molecule has 4 heteroatoms. The van der Waals surface area contributed by atoms with Gasteiger partial charge in [-0.2, -0.15) is 0 Å². The molecular weight excluding hydrogens is 310 g/mol. The van der Waals surface area contributed by atoms with Crippen molar-refractivity contribution in [2.24, 2.45) is 5.41 Å². The Morgan fingerprint density at radius 2 is 1.60 bits per heavy atom. The Hall–Kier alpha value is -0.970. The molecule has 1 aliphatic rings. The van der Waals surface area contributed by atoms with Crippen molar-refractivity contribution in [1.82, 2.24) is 14.8 Å². The Balaban J connectivity index is 1.73. The number of nitrogens with zero attached hydrogens (tertiary/aromatic N) is 3. The molecule has 0 aliphatic carbocycles. The third-order valence-electron chi connectivity index (χ3n) is 4.36. The number of piperazine rings is 1. The van der Waals surface area contributed by atoms with Crippen molar-refractivity contribution in [2.75, 3.05) is 39.3 Å². The van der Waals surface area contributed by atoms with E-state index in [9.17, 15) is 0 Å². The third kappa shape index (κ3) is 8.30. The van der Waals surface area contributed by atoms with Crippen LogP contribution in [0.3, 0.4) is 0 Å². The van der Waals surface area contributed by atoms with Crippen LogP contribution in [0.2, 0.25) is 0 Å². The van der Waals surface area contributed by atoms with Gasteiger partial charge in [-0.1, -0.05) is 26.8 Å². The first-order valence-corrected chi connectivity index (χ1v) is 9.63. The molecule has 2 heterocycles. The monoisotopic (exact) mass is 347 g/mol. The molecule has 1 aliphatic heterocycles. The van der Waals surface area contributed by atoms with Gasteiger partial charge >= 0.3 is 0 Å². The van der Waals surface area contributed by atoms with E-state index in [2.05, 4.69) is 68.5 Å². The van der Waals surface area contributed by atoms with Gasteiger partial charge in [0, 0.05) is 45.5 Å². The number of rotatable bonds is 6. The van der Waals surface area contributed by atoms with Crippen molar-refractivity contribution in [3.8, 4) is 0 Å². The van der Waals surface area contributed by atoms with E-state index in [1.165, 1.54) is 30.9 Å². The normalized spacial score (nSPS) is 17.8. The van der Waals surface area contributed by atoms with Crippen LogP contribution >= 0.6 is 0 Å². The highest BCUT2D eigenvalue weighted by Gasteiger charge is 2.21. The van der Waals surface area contributed by atoms with Crippen molar-refractivity contribution in [2.45, 2.75) is 60.1 Å². The highest BCUT2D eigenvalue weighted by atomic mass is 16.5. The molecule has 0 amide bonds. The van der Waals surface area contributed by atoms with Gasteiger partial charge in [0.2, 0.25) is 0 Å². The lowest BCUT2D eigenvalue weighted by Gasteiger charge is -2.37. The lowest BCUT2D eigenvalue weighted by Crippen LogP contribution is -2.48. The zero-order valence-electron chi connectivity index (χ0n) is 17.1. The maximum absolute atomic E-state index is 5.79. The van der Waals surface area contributed by atoms with Gasteiger partial charge in [-0.25, -0.2) is 0 Å². The molecule has 0 radical (unpaired) electrons. The smallest absolute Gasteiger partial charge is 0.0598 e. The van der Waals surface area contributed by atoms with E-state index in [0.717, 1.165) is 32.7 Å². The van der Waals surface area contributed by atoms with Crippen LogP contribution in [0.4, 0.5) is 0 Å². The summed E-state index contributed by atoms with van der Waals surface area (Å²) in [6.07, 6.45) is 2.94. The van der Waals surface area contributed by atoms with Crippen LogP contribution in [-0.2, 0) is 17.7 Å². The molecule has 0 bridgehead atoms. The second-order valence-electron chi connectivity index (χ2n) is 9.48. The van der Waals surface area contributed by atoms with Crippen LogP contribution in [0.5, 0.6) is 0 Å². The van der Waals surface area contributed by atoms with Crippen molar-refractivity contribution >= 4 is 0 Å². The molecule has 2 rings (SSSR count). The summed E-state index contributed by atoms with van der Waals surface area (Å²) in [5, 5.41) is 0. The summed E-state index contributed by atoms with van der Waals surface area (Å²) < 4.78 is 5.79. The fourth-order valence-electron chi connectivity index (χ4n) is 3.18. The van der Waals surface area contributed by atoms with Gasteiger partial charge in [0.05, 0.1) is 17.9 Å². The van der Waals surface area contributed by atoms with Gasteiger partial charge in [0.15, 0.2) is 0 Å². The first kappa shape index (κ1) is 20.3. The lowest BCUT2D eigenvalue weighted by atomic mass is 9.96. The van der Waals surface area contributed by atoms with Gasteiger partial charge in [-0.3, -0.25) is 9.88 Å². The molecular formula is C21H37N3O. The molecule has 0 saturated carbocycles. The highest BCUT2D eigenvalue weighted by molar-refractivity contribution is 5.14. The molecule has 0 atom stereocenters. The number of hydrogen-bond acceptors (Lipinski definition) is 4. The van der Waals surface area contributed by atoms with E-state index in [1.807, 2.05) is 6.20 Å². The molecule has 0 aromatic carbocycles. The van der Waals surface area contributed by atoms with E-state index in [1.54, 1.807) is 0 Å². The first-order chi connectivity index (χ1) is 11.6. The number of pyridine rings is 1. The molecule has 0 unspecified atom stereocenters. The lowest BCUT2D eigenvalue weighted by molar-refractivity contribution is -0.00101. The molecule has 1 saturated heterocycles. The fourth-order valence-corrected chi connectivity index (χ4v) is 3.18. The van der Waals surface area contributed by atoms with Crippen LogP contribution < -0.4 is 0 Å². The maximum atomic E-state index is 5.79. The third-order valence-corrected chi connectivity index (χ3v) is 4.36. The summed E-state index contributed by atoms with van der Waals surface area (Å²) in [5.74, 6) is 0. The molecule has 142 valence electrons. The average Bonchev–Trinajstić information content (AvgIpc) is 2.48. The number of ether oxygens (including phenoxy) is 1. The minimum atomic E-state index is -0.0670. The summed E-state index contributed by atoms with van der Waals surface area (Å²) in [6, 6.07) is 4.37. The molecule has 1 aromatic rings. The summed E-state index contributed by atoms with van der Waals surface area (Å²) >= 11 is 0. The zero-order chi connectivity index (χ0) is 18.5. The van der Waals surface area contributed by atoms with Crippen molar-refractivity contribution in [1.29, 1.82) is 0 Å². The van der Waals surface area contributed by atoms with Crippen molar-refractivity contribution in [3.05, 3.63) is 29.6 Å². The molecule has 0 N–H and O–H groups in total. The standard InChI is InChI=1S/C21H37N3O/c1-20(2,3)17-24-12-10-23(11-13-24)16-19-8-7-18(15-22-19)9-14-25-21(4,5)6/h7-8,15H,9-14,16-17H2,1-6H3. The second-order valence-corrected chi connectivity index (χ2v) is 9.48. The number of aromatic nitrogens is 1. The van der Waals surface area contributed by atoms with E-state index in [0.29, 0.717) is 5.41 Å². The highest BCUT2D eigenvalue weighted by Crippen LogP contribution is 2.17. The van der Waals surface area contributed by atoms with Crippen LogP contribution in [-0.4, -0.2) is 59.7 Å². The average molecular weight is 348 g/mol. The quantitative estimate of drug-likeness (QED) is 0.786. The first-order valence-electron chi connectivity index (χ1n) is 9.63. The summed E-state index contributed by atoms with van der Waals surface area (Å²) in [7, 11) is 0. The van der Waals surface area contributed by atoms with Gasteiger partial charge in [-0.15, -0.1) is 0 Å². The molecule has 0 spiro atoms. The van der Waals surface area contributed by atoms with E-state index < -0.39 is 0 Å². The Labute approximate surface area is 154 Å². The summed E-state index contributed by atoms with van der Waals surface area (Å²) in [4.78, 5) is 9.76. The minimum Gasteiger partial charge on any atom is -0.376 e. The van der Waals surface area contributed by atoms with E-state index >= 15 is 0 Å². The van der Waals surface area contributed by atoms with Gasteiger partial charge in [0.1, 0.15) is 0 Å². The Morgan fingerprint density at radius 1 is 0.960 bits per heavy atom. The molecule has 25 heavy (non-hydrogen) atoms. The summed E-state index contributed by atoms with van der Waals surface area (Å²) in [6.45, 7) is 20.7. The topological polar surface area (TPSA) is 28.6 Å². The molecule has 1 fully saturated rings. The number of hydrogen-bond donors (Lipinski definition) is 0. The zero-order valence-corrected chi connectivity index (χ0v) is 17.1. The predicted octanol–water partition coefficient (Wildman–Crippen LogP) is 3.60. The van der Waals surface area contributed by atoms with Gasteiger partial charge < -0.3 is 9.64 Å².